The Balaban J connectivity index is 0.00000676. The molecular formula is C21H36IN5. The number of aliphatic imine (C=N–C) groups is 1. The molecule has 0 spiro atoms. The summed E-state index contributed by atoms with van der Waals surface area (Å²) in [4.78, 5) is 11.5. The summed E-state index contributed by atoms with van der Waals surface area (Å²) in [5.41, 5.74) is 1.08. The van der Waals surface area contributed by atoms with Gasteiger partial charge < -0.3 is 10.6 Å². The van der Waals surface area contributed by atoms with E-state index in [-0.39, 0.29) is 24.0 Å². The van der Waals surface area contributed by atoms with Crippen LogP contribution in [0.25, 0.3) is 0 Å². The maximum atomic E-state index is 4.82. The second-order valence-electron chi connectivity index (χ2n) is 6.56. The van der Waals surface area contributed by atoms with Gasteiger partial charge in [-0.15, -0.1) is 37.1 Å². The summed E-state index contributed by atoms with van der Waals surface area (Å²) in [6.07, 6.45) is 6.59. The van der Waals surface area contributed by atoms with E-state index < -0.39 is 0 Å². The van der Waals surface area contributed by atoms with Gasteiger partial charge >= 0.3 is 0 Å². The molecule has 0 bridgehead atoms. The lowest BCUT2D eigenvalue weighted by Crippen LogP contribution is -2.43. The minimum Gasteiger partial charge on any atom is -0.357 e. The molecule has 1 unspecified atom stereocenters. The molecule has 1 atom stereocenters. The van der Waals surface area contributed by atoms with Gasteiger partial charge in [-0.3, -0.25) is 14.9 Å². The van der Waals surface area contributed by atoms with Gasteiger partial charge in [0.15, 0.2) is 5.96 Å². The van der Waals surface area contributed by atoms with Crippen molar-refractivity contribution in [2.24, 2.45) is 10.9 Å². The van der Waals surface area contributed by atoms with Gasteiger partial charge in [0.05, 0.1) is 6.54 Å². The molecule has 6 heteroatoms. The quantitative estimate of drug-likeness (QED) is 0.206. The molecule has 1 rings (SSSR count). The van der Waals surface area contributed by atoms with Crippen molar-refractivity contribution in [2.45, 2.75) is 33.2 Å². The number of hydrogen-bond acceptors (Lipinski definition) is 3. The Morgan fingerprint density at radius 1 is 1.22 bits per heavy atom. The van der Waals surface area contributed by atoms with E-state index in [0.717, 1.165) is 50.8 Å². The predicted molar refractivity (Wildman–Crippen MR) is 128 cm³/mol. The van der Waals surface area contributed by atoms with Crippen molar-refractivity contribution in [3.05, 3.63) is 55.4 Å². The average molecular weight is 485 g/mol. The second kappa shape index (κ2) is 15.6. The molecule has 2 N–H and O–H groups in total. The Kier molecular flexibility index (Phi) is 14.8. The van der Waals surface area contributed by atoms with E-state index in [2.05, 4.69) is 54.4 Å². The molecule has 0 fully saturated rings. The molecule has 0 saturated carbocycles. The normalized spacial score (nSPS) is 12.4. The van der Waals surface area contributed by atoms with Crippen LogP contribution in [0.5, 0.6) is 0 Å². The highest BCUT2D eigenvalue weighted by atomic mass is 127. The summed E-state index contributed by atoms with van der Waals surface area (Å²) >= 11 is 0. The third kappa shape index (κ3) is 10.5. The fourth-order valence-corrected chi connectivity index (χ4v) is 2.81. The van der Waals surface area contributed by atoms with Gasteiger partial charge in [0.2, 0.25) is 0 Å². The van der Waals surface area contributed by atoms with Crippen LogP contribution in [0.3, 0.4) is 0 Å². The number of nitrogens with zero attached hydrogens (tertiary/aromatic N) is 3. The number of aromatic nitrogens is 1. The Morgan fingerprint density at radius 2 is 1.93 bits per heavy atom. The molecule has 0 aromatic carbocycles. The molecule has 0 radical (unpaired) electrons. The van der Waals surface area contributed by atoms with E-state index in [1.165, 1.54) is 0 Å². The van der Waals surface area contributed by atoms with Crippen molar-refractivity contribution in [2.75, 3.05) is 32.7 Å². The fraction of sp³-hybridized carbons (Fsp3) is 0.524. The molecule has 1 heterocycles. The zero-order valence-corrected chi connectivity index (χ0v) is 19.4. The number of pyridine rings is 1. The molecule has 0 saturated heterocycles. The Hall–Kier alpha value is -1.41. The average Bonchev–Trinajstić information content (AvgIpc) is 2.62. The van der Waals surface area contributed by atoms with Gasteiger partial charge in [-0.2, -0.15) is 0 Å². The SMILES string of the molecule is C=CCN(CC=C)C(CN=C(NCC)NCCc1ccccn1)C(C)C.I. The molecule has 0 amide bonds. The first-order valence-corrected chi connectivity index (χ1v) is 9.50. The largest absolute Gasteiger partial charge is 0.357 e. The number of guanidine groups is 1. The smallest absolute Gasteiger partial charge is 0.191 e. The highest BCUT2D eigenvalue weighted by Gasteiger charge is 2.20. The highest BCUT2D eigenvalue weighted by Crippen LogP contribution is 2.11. The minimum atomic E-state index is 0. The summed E-state index contributed by atoms with van der Waals surface area (Å²) in [5.74, 6) is 1.35. The molecule has 1 aromatic heterocycles. The van der Waals surface area contributed by atoms with E-state index in [1.54, 1.807) is 0 Å². The van der Waals surface area contributed by atoms with Gasteiger partial charge in [-0.05, 0) is 25.0 Å². The highest BCUT2D eigenvalue weighted by molar-refractivity contribution is 14.0. The van der Waals surface area contributed by atoms with E-state index in [0.29, 0.717) is 12.0 Å². The van der Waals surface area contributed by atoms with Crippen LogP contribution in [0.15, 0.2) is 54.7 Å². The predicted octanol–water partition coefficient (Wildman–Crippen LogP) is 3.50. The van der Waals surface area contributed by atoms with Crippen LogP contribution in [0.4, 0.5) is 0 Å². The van der Waals surface area contributed by atoms with Crippen LogP contribution in [0.1, 0.15) is 26.5 Å². The standard InChI is InChI=1S/C21H35N5.HI/c1-6-15-26(16-7-2)20(18(4)5)17-25-21(22-8-3)24-14-12-19-11-9-10-13-23-19;/h6-7,9-11,13,18,20H,1-2,8,12,14-17H2,3-5H3,(H2,22,24,25);1H. The molecule has 0 aliphatic heterocycles. The molecule has 0 aliphatic rings. The topological polar surface area (TPSA) is 52.5 Å². The van der Waals surface area contributed by atoms with Crippen LogP contribution in [-0.2, 0) is 6.42 Å². The first-order valence-electron chi connectivity index (χ1n) is 9.50. The van der Waals surface area contributed by atoms with Crippen LogP contribution >= 0.6 is 24.0 Å². The summed E-state index contributed by atoms with van der Waals surface area (Å²) in [6.45, 7) is 18.4. The lowest BCUT2D eigenvalue weighted by molar-refractivity contribution is 0.195. The zero-order valence-electron chi connectivity index (χ0n) is 17.0. The number of rotatable bonds is 12. The number of halogens is 1. The monoisotopic (exact) mass is 485 g/mol. The molecule has 1 aromatic rings. The van der Waals surface area contributed by atoms with Crippen molar-refractivity contribution >= 4 is 29.9 Å². The van der Waals surface area contributed by atoms with Crippen molar-refractivity contribution in [3.63, 3.8) is 0 Å². The van der Waals surface area contributed by atoms with Gasteiger partial charge in [0, 0.05) is 50.5 Å². The molecule has 27 heavy (non-hydrogen) atoms. The van der Waals surface area contributed by atoms with Crippen LogP contribution in [0, 0.1) is 5.92 Å². The van der Waals surface area contributed by atoms with Crippen molar-refractivity contribution in [1.82, 2.24) is 20.5 Å². The molecule has 0 aliphatic carbocycles. The van der Waals surface area contributed by atoms with E-state index in [9.17, 15) is 0 Å². The van der Waals surface area contributed by atoms with Gasteiger partial charge in [0.25, 0.3) is 0 Å². The molecular weight excluding hydrogens is 449 g/mol. The van der Waals surface area contributed by atoms with Crippen molar-refractivity contribution < 1.29 is 0 Å². The van der Waals surface area contributed by atoms with Crippen LogP contribution < -0.4 is 10.6 Å². The fourth-order valence-electron chi connectivity index (χ4n) is 2.81. The van der Waals surface area contributed by atoms with Crippen molar-refractivity contribution in [3.8, 4) is 0 Å². The lowest BCUT2D eigenvalue weighted by Gasteiger charge is -2.32. The lowest BCUT2D eigenvalue weighted by atomic mass is 10.0. The van der Waals surface area contributed by atoms with Gasteiger partial charge in [0.1, 0.15) is 0 Å². The third-order valence-electron chi connectivity index (χ3n) is 4.15. The first-order chi connectivity index (χ1) is 12.6. The Labute approximate surface area is 182 Å². The van der Waals surface area contributed by atoms with Crippen LogP contribution in [0.2, 0.25) is 0 Å². The molecule has 5 nitrogen and oxygen atoms in total. The van der Waals surface area contributed by atoms with Crippen molar-refractivity contribution in [1.29, 1.82) is 0 Å². The summed E-state index contributed by atoms with van der Waals surface area (Å²) < 4.78 is 0. The number of hydrogen-bond donors (Lipinski definition) is 2. The van der Waals surface area contributed by atoms with Gasteiger partial charge in [-0.1, -0.05) is 32.1 Å². The maximum Gasteiger partial charge on any atom is 0.191 e. The Morgan fingerprint density at radius 3 is 2.44 bits per heavy atom. The van der Waals surface area contributed by atoms with E-state index in [4.69, 9.17) is 4.99 Å². The molecule has 152 valence electrons. The summed E-state index contributed by atoms with van der Waals surface area (Å²) in [5, 5.41) is 6.73. The van der Waals surface area contributed by atoms with Gasteiger partial charge in [-0.25, -0.2) is 0 Å². The second-order valence-corrected chi connectivity index (χ2v) is 6.56. The zero-order chi connectivity index (χ0) is 19.2. The minimum absolute atomic E-state index is 0. The summed E-state index contributed by atoms with van der Waals surface area (Å²) in [7, 11) is 0. The van der Waals surface area contributed by atoms with E-state index in [1.807, 2.05) is 36.5 Å². The number of nitrogens with one attached hydrogen (secondary N) is 2. The third-order valence-corrected chi connectivity index (χ3v) is 4.15. The summed E-state index contributed by atoms with van der Waals surface area (Å²) in [6, 6.07) is 6.34. The maximum absolute atomic E-state index is 4.82. The van der Waals surface area contributed by atoms with E-state index >= 15 is 0 Å². The first kappa shape index (κ1) is 25.6. The van der Waals surface area contributed by atoms with Crippen LogP contribution in [-0.4, -0.2) is 54.6 Å². The Bertz CT molecular complexity index is 535.